The lowest BCUT2D eigenvalue weighted by molar-refractivity contribution is -0.116. The van der Waals surface area contributed by atoms with Crippen LogP contribution in [-0.4, -0.2) is 30.8 Å². The molecule has 0 saturated carbocycles. The van der Waals surface area contributed by atoms with Crippen molar-refractivity contribution in [3.05, 3.63) is 166 Å². The molecule has 0 bridgehead atoms. The van der Waals surface area contributed by atoms with Crippen LogP contribution in [0.25, 0.3) is 16.8 Å². The molecule has 1 aliphatic rings. The van der Waals surface area contributed by atoms with Gasteiger partial charge in [-0.05, 0) is 94.5 Å². The number of thioether (sulfide) groups is 1. The number of rotatable bonds is 11. The Morgan fingerprint density at radius 3 is 2.26 bits per heavy atom. The fourth-order valence-electron chi connectivity index (χ4n) is 7.27. The highest BCUT2D eigenvalue weighted by Gasteiger charge is 2.35. The zero-order valence-electron chi connectivity index (χ0n) is 32.8. The van der Waals surface area contributed by atoms with Crippen molar-refractivity contribution in [2.45, 2.75) is 50.2 Å². The highest BCUT2D eigenvalue weighted by atomic mass is 32.2. The van der Waals surface area contributed by atoms with Crippen LogP contribution < -0.4 is 16.0 Å². The van der Waals surface area contributed by atoms with Gasteiger partial charge in [-0.3, -0.25) is 14.4 Å². The fourth-order valence-corrected chi connectivity index (χ4v) is 9.67. The molecule has 2 atom stereocenters. The number of benzene rings is 5. The van der Waals surface area contributed by atoms with Gasteiger partial charge in [0, 0.05) is 21.0 Å². The number of anilines is 2. The zero-order chi connectivity index (χ0) is 40.8. The summed E-state index contributed by atoms with van der Waals surface area (Å²) < 4.78 is 5.22. The standard InChI is InChI=1S/C48H45N3O5S2/c1-48(2,3)34-25-26-38-40(28-34)58-46(41(38)47(55)56-4)51-45(54)42(31-16-7-5-8-17-31)57-36-23-14-22-35(29-36)49-44(53)39(50-43(52)32-18-9-6-10-19-32)27-33-21-13-20-30-15-11-12-24-37(30)33/h5-24,27,29,34,42H,25-26,28H2,1-4H3,(H,49,53)(H,50,52)(H,51,54)/b39-27+. The lowest BCUT2D eigenvalue weighted by Crippen LogP contribution is -2.30. The molecule has 3 amide bonds. The molecule has 1 aromatic heterocycles. The summed E-state index contributed by atoms with van der Waals surface area (Å²) in [7, 11) is 1.37. The highest BCUT2D eigenvalue weighted by molar-refractivity contribution is 8.00. The Labute approximate surface area is 347 Å². The van der Waals surface area contributed by atoms with Gasteiger partial charge < -0.3 is 20.7 Å². The van der Waals surface area contributed by atoms with E-state index in [-0.39, 0.29) is 17.0 Å². The number of carbonyl (C=O) groups is 4. The maximum Gasteiger partial charge on any atom is 0.341 e. The summed E-state index contributed by atoms with van der Waals surface area (Å²) in [6.45, 7) is 6.73. The van der Waals surface area contributed by atoms with Gasteiger partial charge in [0.2, 0.25) is 5.91 Å². The Bertz CT molecular complexity index is 2500. The molecule has 2 unspecified atom stereocenters. The Balaban J connectivity index is 1.16. The van der Waals surface area contributed by atoms with Crippen molar-refractivity contribution < 1.29 is 23.9 Å². The van der Waals surface area contributed by atoms with E-state index in [4.69, 9.17) is 4.74 Å². The van der Waals surface area contributed by atoms with Crippen molar-refractivity contribution >= 4 is 74.3 Å². The summed E-state index contributed by atoms with van der Waals surface area (Å²) in [5.74, 6) is -1.21. The van der Waals surface area contributed by atoms with E-state index in [1.54, 1.807) is 42.5 Å². The van der Waals surface area contributed by atoms with Gasteiger partial charge in [-0.15, -0.1) is 23.1 Å². The van der Waals surface area contributed by atoms with Crippen molar-refractivity contribution in [2.24, 2.45) is 11.3 Å². The van der Waals surface area contributed by atoms with E-state index < -0.39 is 23.0 Å². The van der Waals surface area contributed by atoms with Crippen molar-refractivity contribution in [3.63, 3.8) is 0 Å². The molecule has 0 saturated heterocycles. The van der Waals surface area contributed by atoms with Crippen molar-refractivity contribution in [1.29, 1.82) is 0 Å². The minimum atomic E-state index is -0.703. The number of hydrogen-bond donors (Lipinski definition) is 3. The maximum atomic E-state index is 14.4. The third-order valence-electron chi connectivity index (χ3n) is 10.5. The first-order chi connectivity index (χ1) is 28.0. The fraction of sp³-hybridized carbons (Fsp3) is 0.208. The molecule has 5 aromatic carbocycles. The largest absolute Gasteiger partial charge is 0.465 e. The molecule has 0 fully saturated rings. The normalized spacial score (nSPS) is 14.6. The average molecular weight is 808 g/mol. The number of hydrogen-bond acceptors (Lipinski definition) is 7. The first-order valence-corrected chi connectivity index (χ1v) is 20.9. The van der Waals surface area contributed by atoms with E-state index in [2.05, 4.69) is 36.7 Å². The molecular weight excluding hydrogens is 763 g/mol. The first kappa shape index (κ1) is 40.2. The summed E-state index contributed by atoms with van der Waals surface area (Å²) in [5, 5.41) is 10.7. The molecule has 3 N–H and O–H groups in total. The number of ether oxygens (including phenoxy) is 1. The molecule has 8 nitrogen and oxygen atoms in total. The van der Waals surface area contributed by atoms with E-state index in [0.29, 0.717) is 27.7 Å². The molecule has 294 valence electrons. The Morgan fingerprint density at radius 1 is 0.828 bits per heavy atom. The van der Waals surface area contributed by atoms with Crippen LogP contribution in [0.4, 0.5) is 10.7 Å². The lowest BCUT2D eigenvalue weighted by Gasteiger charge is -2.33. The van der Waals surface area contributed by atoms with E-state index in [1.807, 2.05) is 91.0 Å². The molecule has 58 heavy (non-hydrogen) atoms. The second-order valence-corrected chi connectivity index (χ2v) is 17.6. The molecule has 0 radical (unpaired) electrons. The zero-order valence-corrected chi connectivity index (χ0v) is 34.5. The third kappa shape index (κ3) is 9.25. The number of esters is 1. The molecule has 6 aromatic rings. The molecule has 7 rings (SSSR count). The van der Waals surface area contributed by atoms with E-state index >= 15 is 0 Å². The number of fused-ring (bicyclic) bond motifs is 2. The van der Waals surface area contributed by atoms with E-state index in [9.17, 15) is 19.2 Å². The van der Waals surface area contributed by atoms with Crippen LogP contribution in [0.5, 0.6) is 0 Å². The summed E-state index contributed by atoms with van der Waals surface area (Å²) in [5.41, 5.74) is 4.03. The first-order valence-electron chi connectivity index (χ1n) is 19.2. The van der Waals surface area contributed by atoms with Gasteiger partial charge in [0.25, 0.3) is 11.8 Å². The second-order valence-electron chi connectivity index (χ2n) is 15.3. The predicted molar refractivity (Wildman–Crippen MR) is 235 cm³/mol. The van der Waals surface area contributed by atoms with Crippen LogP contribution in [-0.2, 0) is 27.2 Å². The van der Waals surface area contributed by atoms with Gasteiger partial charge in [0.15, 0.2) is 0 Å². The van der Waals surface area contributed by atoms with Crippen LogP contribution in [0.1, 0.15) is 74.7 Å². The number of carbonyl (C=O) groups excluding carboxylic acids is 4. The smallest absolute Gasteiger partial charge is 0.341 e. The van der Waals surface area contributed by atoms with Crippen molar-refractivity contribution in [2.75, 3.05) is 17.7 Å². The second kappa shape index (κ2) is 17.7. The van der Waals surface area contributed by atoms with Crippen LogP contribution in [0.3, 0.4) is 0 Å². The quantitative estimate of drug-likeness (QED) is 0.0682. The van der Waals surface area contributed by atoms with Gasteiger partial charge in [-0.25, -0.2) is 4.79 Å². The van der Waals surface area contributed by atoms with Crippen LogP contribution >= 0.6 is 23.1 Å². The number of thiophene rings is 1. The van der Waals surface area contributed by atoms with Gasteiger partial charge in [-0.2, -0.15) is 0 Å². The average Bonchev–Trinajstić information content (AvgIpc) is 3.59. The summed E-state index contributed by atoms with van der Waals surface area (Å²) in [6, 6.07) is 39.1. The van der Waals surface area contributed by atoms with Crippen molar-refractivity contribution in [3.8, 4) is 0 Å². The monoisotopic (exact) mass is 807 g/mol. The van der Waals surface area contributed by atoms with Gasteiger partial charge >= 0.3 is 5.97 Å². The molecular formula is C48H45N3O5S2. The molecule has 1 aliphatic carbocycles. The van der Waals surface area contributed by atoms with Crippen LogP contribution in [0, 0.1) is 11.3 Å². The van der Waals surface area contributed by atoms with Crippen LogP contribution in [0.15, 0.2) is 138 Å². The number of methoxy groups -OCH3 is 1. The van der Waals surface area contributed by atoms with Crippen molar-refractivity contribution in [1.82, 2.24) is 5.32 Å². The summed E-state index contributed by atoms with van der Waals surface area (Å²) in [4.78, 5) is 56.8. The highest BCUT2D eigenvalue weighted by Crippen LogP contribution is 2.45. The maximum absolute atomic E-state index is 14.4. The lowest BCUT2D eigenvalue weighted by atomic mass is 9.72. The van der Waals surface area contributed by atoms with Crippen LogP contribution in [0.2, 0.25) is 0 Å². The van der Waals surface area contributed by atoms with Gasteiger partial charge in [-0.1, -0.05) is 118 Å². The third-order valence-corrected chi connectivity index (χ3v) is 12.9. The topological polar surface area (TPSA) is 114 Å². The summed E-state index contributed by atoms with van der Waals surface area (Å²) >= 11 is 2.79. The molecule has 10 heteroatoms. The Hall–Kier alpha value is -5.97. The molecule has 0 spiro atoms. The Kier molecular flexibility index (Phi) is 12.3. The minimum absolute atomic E-state index is 0.0682. The van der Waals surface area contributed by atoms with E-state index in [1.165, 1.54) is 30.2 Å². The SMILES string of the molecule is COC(=O)c1c(NC(=O)C(Sc2cccc(NC(=O)/C(=C\c3cccc4ccccc34)NC(=O)c3ccccc3)c2)c2ccccc2)sc2c1CCC(C(C)(C)C)C2. The molecule has 1 heterocycles. The van der Waals surface area contributed by atoms with Gasteiger partial charge in [0.05, 0.1) is 12.7 Å². The van der Waals surface area contributed by atoms with Gasteiger partial charge in [0.1, 0.15) is 15.9 Å². The summed E-state index contributed by atoms with van der Waals surface area (Å²) in [6.07, 6.45) is 4.23. The minimum Gasteiger partial charge on any atom is -0.465 e. The number of nitrogens with one attached hydrogen (secondary N) is 3. The number of amides is 3. The molecule has 0 aliphatic heterocycles. The van der Waals surface area contributed by atoms with E-state index in [0.717, 1.165) is 56.5 Å². The predicted octanol–water partition coefficient (Wildman–Crippen LogP) is 10.7. The Morgan fingerprint density at radius 2 is 1.52 bits per heavy atom.